The third kappa shape index (κ3) is 5.14. The summed E-state index contributed by atoms with van der Waals surface area (Å²) in [6.45, 7) is 2.27. The first-order valence-electron chi connectivity index (χ1n) is 9.89. The third-order valence-electron chi connectivity index (χ3n) is 5.68. The molecule has 1 aliphatic carbocycles. The van der Waals surface area contributed by atoms with Crippen LogP contribution in [0.15, 0.2) is 18.2 Å². The molecule has 3 rings (SSSR count). The molecule has 1 heterocycles. The summed E-state index contributed by atoms with van der Waals surface area (Å²) in [6.07, 6.45) is -1.55. The highest BCUT2D eigenvalue weighted by molar-refractivity contribution is 5.85. The summed E-state index contributed by atoms with van der Waals surface area (Å²) in [5.74, 6) is -1.83. The third-order valence-corrected chi connectivity index (χ3v) is 5.68. The molecule has 1 saturated heterocycles. The summed E-state index contributed by atoms with van der Waals surface area (Å²) in [5, 5.41) is 14.5. The van der Waals surface area contributed by atoms with E-state index >= 15 is 0 Å². The molecule has 2 aliphatic rings. The van der Waals surface area contributed by atoms with E-state index < -0.39 is 23.6 Å². The largest absolute Gasteiger partial charge is 0.573 e. The number of carbonyl (C=O) groups excluding carboxylic acids is 1. The van der Waals surface area contributed by atoms with Gasteiger partial charge in [-0.05, 0) is 30.5 Å². The number of alkyl halides is 3. The minimum atomic E-state index is -4.90. The van der Waals surface area contributed by atoms with Crippen LogP contribution in [0.5, 0.6) is 11.5 Å². The van der Waals surface area contributed by atoms with Crippen molar-refractivity contribution in [2.75, 3.05) is 33.3 Å². The number of amides is 1. The van der Waals surface area contributed by atoms with Gasteiger partial charge in [-0.15, -0.1) is 13.2 Å². The first-order chi connectivity index (χ1) is 13.7. The Kier molecular flexibility index (Phi) is 6.58. The molecule has 1 amide bonds. The quantitative estimate of drug-likeness (QED) is 0.773. The van der Waals surface area contributed by atoms with Crippen LogP contribution in [0.3, 0.4) is 0 Å². The van der Waals surface area contributed by atoms with Crippen molar-refractivity contribution in [3.05, 3.63) is 23.8 Å². The van der Waals surface area contributed by atoms with E-state index in [1.54, 1.807) is 11.0 Å². The standard InChI is InChI=1S/C20H27F3N2O4/c1-28-15-6-5-14(13-16(15)29-20(21,22)23)17(19(27)7-3-2-4-8-19)18(26)25-11-9-24-10-12-25/h5-6,13,17,24,27H,2-4,7-12H2,1H3. The second-order valence-electron chi connectivity index (χ2n) is 7.63. The van der Waals surface area contributed by atoms with Crippen molar-refractivity contribution in [3.63, 3.8) is 0 Å². The summed E-state index contributed by atoms with van der Waals surface area (Å²) in [4.78, 5) is 15.1. The van der Waals surface area contributed by atoms with Crippen molar-refractivity contribution in [2.24, 2.45) is 0 Å². The first-order valence-corrected chi connectivity index (χ1v) is 9.89. The molecule has 6 nitrogen and oxygen atoms in total. The van der Waals surface area contributed by atoms with Gasteiger partial charge in [0.2, 0.25) is 5.91 Å². The molecule has 0 bridgehead atoms. The predicted molar refractivity (Wildman–Crippen MR) is 99.9 cm³/mol. The SMILES string of the molecule is COc1ccc(C(C(=O)N2CCNCC2)C2(O)CCCCC2)cc1OC(F)(F)F. The lowest BCUT2D eigenvalue weighted by Crippen LogP contribution is -2.53. The summed E-state index contributed by atoms with van der Waals surface area (Å²) in [6, 6.07) is 4.06. The van der Waals surface area contributed by atoms with Crippen molar-refractivity contribution < 1.29 is 32.5 Å². The van der Waals surface area contributed by atoms with Crippen LogP contribution in [-0.2, 0) is 4.79 Å². The lowest BCUT2D eigenvalue weighted by atomic mass is 9.72. The van der Waals surface area contributed by atoms with Gasteiger partial charge in [0, 0.05) is 26.2 Å². The molecule has 1 aliphatic heterocycles. The lowest BCUT2D eigenvalue weighted by Gasteiger charge is -2.41. The molecule has 1 aromatic carbocycles. The van der Waals surface area contributed by atoms with E-state index in [0.29, 0.717) is 44.6 Å². The Morgan fingerprint density at radius 1 is 1.17 bits per heavy atom. The molecule has 9 heteroatoms. The Morgan fingerprint density at radius 2 is 1.83 bits per heavy atom. The molecule has 0 aromatic heterocycles. The topological polar surface area (TPSA) is 71.0 Å². The molecule has 0 spiro atoms. The molecule has 29 heavy (non-hydrogen) atoms. The first kappa shape index (κ1) is 21.7. The molecular weight excluding hydrogens is 389 g/mol. The van der Waals surface area contributed by atoms with Crippen LogP contribution < -0.4 is 14.8 Å². The number of piperazine rings is 1. The number of ether oxygens (including phenoxy) is 2. The number of rotatable bonds is 5. The number of carbonyl (C=O) groups is 1. The fourth-order valence-electron chi connectivity index (χ4n) is 4.28. The second kappa shape index (κ2) is 8.79. The maximum atomic E-state index is 13.4. The molecule has 2 N–H and O–H groups in total. The monoisotopic (exact) mass is 416 g/mol. The minimum absolute atomic E-state index is 0.0879. The highest BCUT2D eigenvalue weighted by Crippen LogP contribution is 2.43. The van der Waals surface area contributed by atoms with Gasteiger partial charge in [0.25, 0.3) is 0 Å². The highest BCUT2D eigenvalue weighted by atomic mass is 19.4. The van der Waals surface area contributed by atoms with Crippen molar-refractivity contribution in [1.82, 2.24) is 10.2 Å². The van der Waals surface area contributed by atoms with Crippen LogP contribution in [0.1, 0.15) is 43.6 Å². The molecule has 1 saturated carbocycles. The normalized spacial score (nSPS) is 20.8. The van der Waals surface area contributed by atoms with E-state index in [1.807, 2.05) is 0 Å². The zero-order valence-electron chi connectivity index (χ0n) is 16.4. The molecule has 0 radical (unpaired) electrons. The van der Waals surface area contributed by atoms with E-state index in [2.05, 4.69) is 10.1 Å². The van der Waals surface area contributed by atoms with Gasteiger partial charge in [-0.1, -0.05) is 25.3 Å². The number of halogens is 3. The van der Waals surface area contributed by atoms with Crippen LogP contribution in [0.4, 0.5) is 13.2 Å². The summed E-state index contributed by atoms with van der Waals surface area (Å²) in [7, 11) is 1.25. The number of hydrogen-bond donors (Lipinski definition) is 2. The molecule has 2 fully saturated rings. The van der Waals surface area contributed by atoms with E-state index in [1.165, 1.54) is 19.2 Å². The van der Waals surface area contributed by atoms with Gasteiger partial charge in [0.1, 0.15) is 0 Å². The Bertz CT molecular complexity index is 714. The number of nitrogens with one attached hydrogen (secondary N) is 1. The fraction of sp³-hybridized carbons (Fsp3) is 0.650. The van der Waals surface area contributed by atoms with Gasteiger partial charge >= 0.3 is 6.36 Å². The van der Waals surface area contributed by atoms with E-state index in [9.17, 15) is 23.1 Å². The van der Waals surface area contributed by atoms with Crippen molar-refractivity contribution in [2.45, 2.75) is 50.0 Å². The maximum Gasteiger partial charge on any atom is 0.573 e. The second-order valence-corrected chi connectivity index (χ2v) is 7.63. The van der Waals surface area contributed by atoms with Gasteiger partial charge in [0.15, 0.2) is 11.5 Å². The highest BCUT2D eigenvalue weighted by Gasteiger charge is 2.45. The molecule has 1 aromatic rings. The number of hydrogen-bond acceptors (Lipinski definition) is 5. The van der Waals surface area contributed by atoms with Gasteiger partial charge in [-0.25, -0.2) is 0 Å². The average Bonchev–Trinajstić information content (AvgIpc) is 2.68. The van der Waals surface area contributed by atoms with Crippen molar-refractivity contribution >= 4 is 5.91 Å². The maximum absolute atomic E-state index is 13.4. The Labute approximate surface area is 168 Å². The molecule has 1 atom stereocenters. The van der Waals surface area contributed by atoms with Crippen LogP contribution in [-0.4, -0.2) is 61.2 Å². The van der Waals surface area contributed by atoms with Crippen LogP contribution in [0.25, 0.3) is 0 Å². The number of nitrogens with zero attached hydrogens (tertiary/aromatic N) is 1. The van der Waals surface area contributed by atoms with Crippen LogP contribution in [0, 0.1) is 0 Å². The van der Waals surface area contributed by atoms with Crippen LogP contribution >= 0.6 is 0 Å². The predicted octanol–water partition coefficient (Wildman–Crippen LogP) is 2.80. The zero-order chi connectivity index (χ0) is 21.1. The van der Waals surface area contributed by atoms with Gasteiger partial charge in [-0.2, -0.15) is 0 Å². The minimum Gasteiger partial charge on any atom is -0.493 e. The number of methoxy groups -OCH3 is 1. The summed E-state index contributed by atoms with van der Waals surface area (Å²) < 4.78 is 47.7. The van der Waals surface area contributed by atoms with Crippen molar-refractivity contribution in [1.29, 1.82) is 0 Å². The van der Waals surface area contributed by atoms with E-state index in [0.717, 1.165) is 19.3 Å². The molecular formula is C20H27F3N2O4. The Hall–Kier alpha value is -2.00. The van der Waals surface area contributed by atoms with Gasteiger partial charge in [0.05, 0.1) is 18.6 Å². The lowest BCUT2D eigenvalue weighted by molar-refractivity contribution is -0.275. The van der Waals surface area contributed by atoms with E-state index in [-0.39, 0.29) is 11.7 Å². The fourth-order valence-corrected chi connectivity index (χ4v) is 4.28. The Morgan fingerprint density at radius 3 is 2.41 bits per heavy atom. The number of aliphatic hydroxyl groups is 1. The molecule has 1 unspecified atom stereocenters. The molecule has 162 valence electrons. The van der Waals surface area contributed by atoms with Crippen molar-refractivity contribution in [3.8, 4) is 11.5 Å². The number of benzene rings is 1. The van der Waals surface area contributed by atoms with Gasteiger partial charge < -0.3 is 24.8 Å². The average molecular weight is 416 g/mol. The van der Waals surface area contributed by atoms with Gasteiger partial charge in [-0.3, -0.25) is 4.79 Å². The smallest absolute Gasteiger partial charge is 0.493 e. The van der Waals surface area contributed by atoms with E-state index in [4.69, 9.17) is 4.74 Å². The van der Waals surface area contributed by atoms with Crippen LogP contribution in [0.2, 0.25) is 0 Å². The Balaban J connectivity index is 2.01. The zero-order valence-corrected chi connectivity index (χ0v) is 16.4. The summed E-state index contributed by atoms with van der Waals surface area (Å²) >= 11 is 0. The summed E-state index contributed by atoms with van der Waals surface area (Å²) in [5.41, 5.74) is -0.998.